The largest absolute Gasteiger partial charge is 0.475 e. The summed E-state index contributed by atoms with van der Waals surface area (Å²) in [6.45, 7) is -0.759. The fourth-order valence-corrected chi connectivity index (χ4v) is 3.44. The van der Waals surface area contributed by atoms with E-state index in [4.69, 9.17) is 25.1 Å². The molecule has 0 spiro atoms. The van der Waals surface area contributed by atoms with Gasteiger partial charge in [-0.1, -0.05) is 0 Å². The highest BCUT2D eigenvalue weighted by Gasteiger charge is 2.51. The molecule has 0 aliphatic carbocycles. The van der Waals surface area contributed by atoms with Crippen molar-refractivity contribution in [2.75, 3.05) is 6.61 Å². The summed E-state index contributed by atoms with van der Waals surface area (Å²) in [7, 11) is 0. The number of primary amides is 1. The van der Waals surface area contributed by atoms with Gasteiger partial charge in [0.1, 0.15) is 24.4 Å². The molecule has 2 aliphatic heterocycles. The molecule has 3 heterocycles. The molecule has 0 radical (unpaired) electrons. The van der Waals surface area contributed by atoms with Crippen LogP contribution in [0.4, 0.5) is 0 Å². The highest BCUT2D eigenvalue weighted by Crippen LogP contribution is 2.36. The van der Waals surface area contributed by atoms with Crippen LogP contribution in [0.1, 0.15) is 6.23 Å². The molecule has 8 atom stereocenters. The maximum atomic E-state index is 12.1. The van der Waals surface area contributed by atoms with Crippen molar-refractivity contribution in [3.05, 3.63) is 44.9 Å². The van der Waals surface area contributed by atoms with E-state index in [0.29, 0.717) is 0 Å². The smallest absolute Gasteiger partial charge is 0.371 e. The fourth-order valence-electron chi connectivity index (χ4n) is 3.44. The lowest BCUT2D eigenvalue weighted by Gasteiger charge is -2.34. The van der Waals surface area contributed by atoms with E-state index in [1.807, 2.05) is 4.98 Å². The van der Waals surface area contributed by atoms with Gasteiger partial charge < -0.3 is 45.5 Å². The average molecular weight is 459 g/mol. The number of carboxylic acids is 1. The predicted octanol–water partition coefficient (Wildman–Crippen LogP) is -4.68. The van der Waals surface area contributed by atoms with Gasteiger partial charge in [0.2, 0.25) is 18.0 Å². The van der Waals surface area contributed by atoms with Crippen LogP contribution in [0.25, 0.3) is 0 Å². The second-order valence-electron chi connectivity index (χ2n) is 7.11. The zero-order chi connectivity index (χ0) is 23.7. The van der Waals surface area contributed by atoms with E-state index < -0.39 is 84.4 Å². The normalized spacial score (nSPS) is 33.2. The number of aliphatic carboxylic acids is 1. The molecule has 1 aromatic heterocycles. The van der Waals surface area contributed by atoms with Gasteiger partial charge in [-0.25, -0.2) is 9.59 Å². The van der Waals surface area contributed by atoms with Gasteiger partial charge in [-0.05, 0) is 6.08 Å². The maximum absolute atomic E-state index is 12.1. The van der Waals surface area contributed by atoms with Crippen molar-refractivity contribution in [3.8, 4) is 0 Å². The van der Waals surface area contributed by atoms with E-state index in [9.17, 15) is 39.6 Å². The van der Waals surface area contributed by atoms with Gasteiger partial charge in [0.25, 0.3) is 5.56 Å². The number of carbonyl (C=O) groups is 2. The molecule has 8 unspecified atom stereocenters. The van der Waals surface area contributed by atoms with Crippen molar-refractivity contribution in [1.82, 2.24) is 9.55 Å². The van der Waals surface area contributed by atoms with Crippen molar-refractivity contribution in [1.29, 1.82) is 0 Å². The molecule has 0 aromatic carbocycles. The third kappa shape index (κ3) is 4.43. The molecule has 15 nitrogen and oxygen atoms in total. The molecule has 8 N–H and O–H groups in total. The molecule has 0 bridgehead atoms. The maximum Gasteiger partial charge on any atom is 0.371 e. The molecular weight excluding hydrogens is 438 g/mol. The van der Waals surface area contributed by atoms with Crippen molar-refractivity contribution < 1.29 is 49.3 Å². The zero-order valence-corrected chi connectivity index (χ0v) is 16.2. The van der Waals surface area contributed by atoms with E-state index in [2.05, 4.69) is 0 Å². The number of nitrogens with one attached hydrogen (secondary N) is 1. The van der Waals surface area contributed by atoms with E-state index in [-0.39, 0.29) is 0 Å². The monoisotopic (exact) mass is 459 g/mol. The summed E-state index contributed by atoms with van der Waals surface area (Å²) < 4.78 is 16.6. The Bertz CT molecular complexity index is 1020. The number of hydrogen-bond donors (Lipinski definition) is 7. The SMILES string of the molecule is NC(=O)C(OC1OC(C(=O)O)=CC(O)C1O)C1OC(n2ccc(=O)[nH]c2=O)C(O)C1CO. The van der Waals surface area contributed by atoms with E-state index in [0.717, 1.165) is 22.9 Å². The molecule has 32 heavy (non-hydrogen) atoms. The number of H-pyrrole nitrogens is 1. The Morgan fingerprint density at radius 1 is 1.25 bits per heavy atom. The predicted molar refractivity (Wildman–Crippen MR) is 98.5 cm³/mol. The van der Waals surface area contributed by atoms with Gasteiger partial charge in [-0.2, -0.15) is 0 Å². The second-order valence-corrected chi connectivity index (χ2v) is 7.11. The quantitative estimate of drug-likeness (QED) is 0.203. The molecule has 1 amide bonds. The van der Waals surface area contributed by atoms with Crippen LogP contribution in [0.5, 0.6) is 0 Å². The molecule has 1 aromatic rings. The fraction of sp³-hybridized carbons (Fsp3) is 0.529. The molecule has 2 aliphatic rings. The summed E-state index contributed by atoms with van der Waals surface area (Å²) in [6, 6.07) is 0.980. The summed E-state index contributed by atoms with van der Waals surface area (Å²) in [4.78, 5) is 48.5. The Hall–Kier alpha value is -3.08. The van der Waals surface area contributed by atoms with Crippen LogP contribution in [0, 0.1) is 5.92 Å². The first-order chi connectivity index (χ1) is 15.0. The minimum Gasteiger partial charge on any atom is -0.475 e. The summed E-state index contributed by atoms with van der Waals surface area (Å²) in [5.41, 5.74) is 3.70. The lowest BCUT2D eigenvalue weighted by Crippen LogP contribution is -2.52. The van der Waals surface area contributed by atoms with Crippen LogP contribution in [0.15, 0.2) is 33.7 Å². The van der Waals surface area contributed by atoms with Crippen LogP contribution < -0.4 is 17.0 Å². The van der Waals surface area contributed by atoms with Crippen molar-refractivity contribution >= 4 is 11.9 Å². The first-order valence-corrected chi connectivity index (χ1v) is 9.23. The number of amides is 1. The van der Waals surface area contributed by atoms with Crippen LogP contribution in [0.2, 0.25) is 0 Å². The van der Waals surface area contributed by atoms with Gasteiger partial charge in [0.05, 0.1) is 6.61 Å². The Morgan fingerprint density at radius 2 is 1.94 bits per heavy atom. The number of carbonyl (C=O) groups excluding carboxylic acids is 1. The van der Waals surface area contributed by atoms with Crippen LogP contribution >= 0.6 is 0 Å². The average Bonchev–Trinajstić information content (AvgIpc) is 3.04. The Morgan fingerprint density at radius 3 is 2.50 bits per heavy atom. The third-order valence-electron chi connectivity index (χ3n) is 5.05. The van der Waals surface area contributed by atoms with Crippen LogP contribution in [0.3, 0.4) is 0 Å². The minimum absolute atomic E-state index is 0.711. The minimum atomic E-state index is -1.88. The standard InChI is InChI=1S/C17H21N3O12/c18-13(26)12(32-16-10(25)6(22)3-7(30-16)15(27)28)11-5(4-21)9(24)14(31-11)20-2-1-8(23)19-17(20)29/h1-3,5-6,9-12,14,16,21-22,24-25H,4H2,(H2,18,26)(H,27,28)(H,19,23,29). The summed E-state index contributed by atoms with van der Waals surface area (Å²) in [5.74, 6) is -4.79. The number of ether oxygens (including phenoxy) is 3. The van der Waals surface area contributed by atoms with Crippen molar-refractivity contribution in [3.63, 3.8) is 0 Å². The molecule has 176 valence electrons. The van der Waals surface area contributed by atoms with Crippen molar-refractivity contribution in [2.45, 2.75) is 43.0 Å². The molecule has 1 fully saturated rings. The second kappa shape index (κ2) is 9.19. The summed E-state index contributed by atoms with van der Waals surface area (Å²) >= 11 is 0. The van der Waals surface area contributed by atoms with Gasteiger partial charge in [0.15, 0.2) is 12.3 Å². The van der Waals surface area contributed by atoms with Gasteiger partial charge >= 0.3 is 11.7 Å². The van der Waals surface area contributed by atoms with E-state index >= 15 is 0 Å². The molecule has 15 heteroatoms. The number of aromatic amines is 1. The van der Waals surface area contributed by atoms with Gasteiger partial charge in [0, 0.05) is 18.2 Å². The highest BCUT2D eigenvalue weighted by atomic mass is 16.7. The van der Waals surface area contributed by atoms with Gasteiger partial charge in [-0.3, -0.25) is 19.1 Å². The molecular formula is C17H21N3O12. The topological polar surface area (TPSA) is 244 Å². The van der Waals surface area contributed by atoms with Gasteiger partial charge in [-0.15, -0.1) is 0 Å². The lowest BCUT2D eigenvalue weighted by atomic mass is 9.94. The number of aliphatic hydroxyl groups excluding tert-OH is 4. The van der Waals surface area contributed by atoms with Crippen molar-refractivity contribution in [2.24, 2.45) is 11.7 Å². The number of aromatic nitrogens is 2. The van der Waals surface area contributed by atoms with E-state index in [1.165, 1.54) is 0 Å². The number of hydrogen-bond acceptors (Lipinski definition) is 11. The number of rotatable bonds is 7. The molecule has 3 rings (SSSR count). The Labute approximate surface area is 177 Å². The number of aliphatic hydroxyl groups is 4. The molecule has 0 saturated carbocycles. The Kier molecular flexibility index (Phi) is 6.77. The van der Waals surface area contributed by atoms with E-state index in [1.54, 1.807) is 0 Å². The first-order valence-electron chi connectivity index (χ1n) is 9.23. The zero-order valence-electron chi connectivity index (χ0n) is 16.2. The number of carboxylic acid groups (broad SMARTS) is 1. The summed E-state index contributed by atoms with van der Waals surface area (Å²) in [6.07, 6.45) is -10.0. The molecule has 1 saturated heterocycles. The third-order valence-corrected chi connectivity index (χ3v) is 5.05. The first kappa shape index (κ1) is 23.6. The number of nitrogens with two attached hydrogens (primary N) is 1. The number of nitrogens with zero attached hydrogens (tertiary/aromatic N) is 1. The Balaban J connectivity index is 1.89. The van der Waals surface area contributed by atoms with Crippen LogP contribution in [-0.4, -0.2) is 90.4 Å². The lowest BCUT2D eigenvalue weighted by molar-refractivity contribution is -0.240. The highest BCUT2D eigenvalue weighted by molar-refractivity contribution is 5.84. The van der Waals surface area contributed by atoms with Crippen LogP contribution in [-0.2, 0) is 23.8 Å². The summed E-state index contributed by atoms with van der Waals surface area (Å²) in [5, 5.41) is 49.2.